The van der Waals surface area contributed by atoms with E-state index >= 15 is 0 Å². The lowest BCUT2D eigenvalue weighted by Gasteiger charge is -2.15. The fourth-order valence-electron chi connectivity index (χ4n) is 3.41. The lowest BCUT2D eigenvalue weighted by atomic mass is 10.0. The normalized spacial score (nSPS) is 11.4. The second-order valence-corrected chi connectivity index (χ2v) is 7.07. The van der Waals surface area contributed by atoms with Crippen LogP contribution in [-0.2, 0) is 6.18 Å². The number of methoxy groups -OCH3 is 1. The first-order valence-electron chi connectivity index (χ1n) is 9.82. The Labute approximate surface area is 186 Å². The molecule has 0 amide bonds. The average molecular weight is 454 g/mol. The van der Waals surface area contributed by atoms with Crippen LogP contribution in [0.1, 0.15) is 16.1 Å². The Morgan fingerprint density at radius 1 is 0.970 bits per heavy atom. The molecule has 0 radical (unpaired) electrons. The van der Waals surface area contributed by atoms with Gasteiger partial charge in [-0.25, -0.2) is 0 Å². The van der Waals surface area contributed by atoms with Gasteiger partial charge in [-0.2, -0.15) is 13.2 Å². The van der Waals surface area contributed by atoms with E-state index < -0.39 is 22.9 Å². The minimum atomic E-state index is -4.94. The van der Waals surface area contributed by atoms with Crippen LogP contribution in [0.15, 0.2) is 82.0 Å². The van der Waals surface area contributed by atoms with Crippen LogP contribution < -0.4 is 14.9 Å². The van der Waals surface area contributed by atoms with Crippen LogP contribution in [0.5, 0.6) is 11.5 Å². The van der Waals surface area contributed by atoms with Gasteiger partial charge in [-0.3, -0.25) is 9.59 Å². The van der Waals surface area contributed by atoms with E-state index in [-0.39, 0.29) is 40.4 Å². The van der Waals surface area contributed by atoms with Crippen LogP contribution in [0, 0.1) is 0 Å². The highest BCUT2D eigenvalue weighted by Crippen LogP contribution is 2.40. The summed E-state index contributed by atoms with van der Waals surface area (Å²) >= 11 is 0. The van der Waals surface area contributed by atoms with Crippen molar-refractivity contribution < 1.29 is 31.9 Å². The Balaban J connectivity index is 1.77. The van der Waals surface area contributed by atoms with Crippen molar-refractivity contribution in [3.8, 4) is 22.6 Å². The van der Waals surface area contributed by atoms with Crippen LogP contribution in [0.3, 0.4) is 0 Å². The number of ether oxygens (including phenoxy) is 2. The van der Waals surface area contributed by atoms with Crippen molar-refractivity contribution in [2.75, 3.05) is 13.7 Å². The minimum absolute atomic E-state index is 0.0308. The summed E-state index contributed by atoms with van der Waals surface area (Å²) in [6.07, 6.45) is -4.94. The van der Waals surface area contributed by atoms with E-state index in [1.54, 1.807) is 36.4 Å². The Bertz CT molecular complexity index is 1370. The van der Waals surface area contributed by atoms with E-state index in [2.05, 4.69) is 0 Å². The van der Waals surface area contributed by atoms with Crippen molar-refractivity contribution in [2.45, 2.75) is 6.18 Å². The molecule has 5 nitrogen and oxygen atoms in total. The van der Waals surface area contributed by atoms with Gasteiger partial charge in [0.15, 0.2) is 12.4 Å². The van der Waals surface area contributed by atoms with Crippen LogP contribution in [0.2, 0.25) is 0 Å². The van der Waals surface area contributed by atoms with Crippen LogP contribution in [0.4, 0.5) is 13.2 Å². The molecular formula is C25H17F3O5. The zero-order valence-corrected chi connectivity index (χ0v) is 17.3. The topological polar surface area (TPSA) is 65.7 Å². The third-order valence-electron chi connectivity index (χ3n) is 4.96. The molecule has 0 saturated carbocycles. The van der Waals surface area contributed by atoms with E-state index in [4.69, 9.17) is 13.9 Å². The van der Waals surface area contributed by atoms with Crippen molar-refractivity contribution in [2.24, 2.45) is 0 Å². The molecule has 0 bridgehead atoms. The third kappa shape index (κ3) is 4.45. The number of carbonyl (C=O) groups is 1. The molecule has 3 aromatic carbocycles. The number of fused-ring (bicyclic) bond motifs is 1. The van der Waals surface area contributed by atoms with Gasteiger partial charge in [-0.1, -0.05) is 48.5 Å². The third-order valence-corrected chi connectivity index (χ3v) is 4.96. The fourth-order valence-corrected chi connectivity index (χ4v) is 3.41. The summed E-state index contributed by atoms with van der Waals surface area (Å²) in [7, 11) is 1.30. The van der Waals surface area contributed by atoms with E-state index in [0.29, 0.717) is 5.56 Å². The maximum atomic E-state index is 13.9. The highest BCUT2D eigenvalue weighted by atomic mass is 19.4. The summed E-state index contributed by atoms with van der Waals surface area (Å²) in [5.74, 6) is -1.55. The van der Waals surface area contributed by atoms with Gasteiger partial charge in [-0.15, -0.1) is 0 Å². The minimum Gasteiger partial charge on any atom is -0.496 e. The monoisotopic (exact) mass is 454 g/mol. The molecule has 33 heavy (non-hydrogen) atoms. The van der Waals surface area contributed by atoms with Gasteiger partial charge in [-0.05, 0) is 18.2 Å². The largest absolute Gasteiger partial charge is 0.496 e. The lowest BCUT2D eigenvalue weighted by molar-refractivity contribution is -0.152. The highest BCUT2D eigenvalue weighted by molar-refractivity contribution is 5.97. The number of hydrogen-bond donors (Lipinski definition) is 0. The van der Waals surface area contributed by atoms with Gasteiger partial charge in [0, 0.05) is 17.2 Å². The van der Waals surface area contributed by atoms with Crippen molar-refractivity contribution >= 4 is 16.8 Å². The van der Waals surface area contributed by atoms with Crippen LogP contribution >= 0.6 is 0 Å². The molecule has 0 unspecified atom stereocenters. The van der Waals surface area contributed by atoms with E-state index in [1.807, 2.05) is 0 Å². The molecule has 0 spiro atoms. The maximum absolute atomic E-state index is 13.9. The summed E-state index contributed by atoms with van der Waals surface area (Å²) in [5, 5.41) is -0.0642. The summed E-state index contributed by atoms with van der Waals surface area (Å²) in [6.45, 7) is -0.328. The molecule has 0 saturated heterocycles. The number of Topliss-reactive ketones (excluding diaryl/α,β-unsaturated/α-hetero) is 1. The van der Waals surface area contributed by atoms with Gasteiger partial charge in [0.1, 0.15) is 17.1 Å². The number of carbonyl (C=O) groups excluding carboxylic acids is 1. The van der Waals surface area contributed by atoms with E-state index in [9.17, 15) is 22.8 Å². The average Bonchev–Trinajstić information content (AvgIpc) is 2.82. The summed E-state index contributed by atoms with van der Waals surface area (Å²) in [6, 6.07) is 18.2. The predicted molar refractivity (Wildman–Crippen MR) is 116 cm³/mol. The molecule has 0 N–H and O–H groups in total. The molecule has 0 fully saturated rings. The zero-order valence-electron chi connectivity index (χ0n) is 17.3. The summed E-state index contributed by atoms with van der Waals surface area (Å²) in [5.41, 5.74) is -1.40. The molecule has 4 aromatic rings. The Hall–Kier alpha value is -4.07. The number of halogens is 3. The SMILES string of the molecule is COc1ccccc1-c1c(C(F)(F)F)oc2cc(OCC(=O)c3ccccc3)ccc2c1=O. The molecule has 8 heteroatoms. The number of hydrogen-bond acceptors (Lipinski definition) is 5. The van der Waals surface area contributed by atoms with Crippen molar-refractivity contribution in [1.29, 1.82) is 0 Å². The Morgan fingerprint density at radius 2 is 1.67 bits per heavy atom. The van der Waals surface area contributed by atoms with Crippen LogP contribution in [-0.4, -0.2) is 19.5 Å². The second kappa shape index (κ2) is 8.82. The highest BCUT2D eigenvalue weighted by Gasteiger charge is 2.40. The van der Waals surface area contributed by atoms with Gasteiger partial charge < -0.3 is 13.9 Å². The summed E-state index contributed by atoms with van der Waals surface area (Å²) < 4.78 is 57.4. The molecule has 1 aromatic heterocycles. The second-order valence-electron chi connectivity index (χ2n) is 7.07. The van der Waals surface area contributed by atoms with Crippen LogP contribution in [0.25, 0.3) is 22.1 Å². The van der Waals surface area contributed by atoms with Gasteiger partial charge in [0.2, 0.25) is 11.2 Å². The quantitative estimate of drug-likeness (QED) is 0.347. The standard InChI is InChI=1S/C25H17F3O5/c1-31-20-10-6-5-9-17(20)22-23(30)18-12-11-16(13-21(18)33-24(22)25(26,27)28)32-14-19(29)15-7-3-2-4-8-15/h2-13H,14H2,1H3. The molecule has 1 heterocycles. The molecule has 4 rings (SSSR count). The van der Waals surface area contributed by atoms with Gasteiger partial charge >= 0.3 is 6.18 Å². The number of benzene rings is 3. The maximum Gasteiger partial charge on any atom is 0.450 e. The molecular weight excluding hydrogens is 437 g/mol. The smallest absolute Gasteiger partial charge is 0.450 e. The van der Waals surface area contributed by atoms with Crippen molar-refractivity contribution in [3.05, 3.63) is 94.3 Å². The number of para-hydroxylation sites is 1. The number of rotatable bonds is 6. The zero-order chi connectivity index (χ0) is 23.6. The summed E-state index contributed by atoms with van der Waals surface area (Å²) in [4.78, 5) is 25.3. The first-order chi connectivity index (χ1) is 15.8. The first-order valence-corrected chi connectivity index (χ1v) is 9.82. The molecule has 0 atom stereocenters. The van der Waals surface area contributed by atoms with E-state index in [0.717, 1.165) is 6.07 Å². The number of ketones is 1. The first kappa shape index (κ1) is 22.1. The predicted octanol–water partition coefficient (Wildman–Crippen LogP) is 5.75. The van der Waals surface area contributed by atoms with Crippen molar-refractivity contribution in [1.82, 2.24) is 0 Å². The van der Waals surface area contributed by atoms with Crippen molar-refractivity contribution in [3.63, 3.8) is 0 Å². The fraction of sp³-hybridized carbons (Fsp3) is 0.120. The number of alkyl halides is 3. The van der Waals surface area contributed by atoms with Gasteiger partial charge in [0.25, 0.3) is 0 Å². The Kier molecular flexibility index (Phi) is 5.91. The van der Waals surface area contributed by atoms with E-state index in [1.165, 1.54) is 37.4 Å². The molecule has 0 aliphatic heterocycles. The lowest BCUT2D eigenvalue weighted by Crippen LogP contribution is -2.16. The Morgan fingerprint density at radius 3 is 2.36 bits per heavy atom. The molecule has 0 aliphatic rings. The molecule has 168 valence electrons. The van der Waals surface area contributed by atoms with Gasteiger partial charge in [0.05, 0.1) is 18.1 Å². The molecule has 0 aliphatic carbocycles.